The van der Waals surface area contributed by atoms with Crippen LogP contribution in [-0.4, -0.2) is 24.8 Å². The Morgan fingerprint density at radius 3 is 2.35 bits per heavy atom. The van der Waals surface area contributed by atoms with Crippen LogP contribution in [0.2, 0.25) is 0 Å². The molecule has 0 aliphatic heterocycles. The van der Waals surface area contributed by atoms with Crippen molar-refractivity contribution in [3.05, 3.63) is 27.7 Å². The van der Waals surface area contributed by atoms with Gasteiger partial charge in [-0.2, -0.15) is 0 Å². The molecule has 5 nitrogen and oxygen atoms in total. The topological polar surface area (TPSA) is 57.5 Å². The molecule has 0 radical (unpaired) electrons. The number of esters is 1. The molecule has 0 atom stereocenters. The maximum atomic E-state index is 12.1. The molecule has 0 saturated carbocycles. The van der Waals surface area contributed by atoms with Crippen molar-refractivity contribution in [2.75, 3.05) is 14.2 Å². The molecule has 94 valence electrons. The molecule has 0 aromatic carbocycles. The van der Waals surface area contributed by atoms with Crippen LogP contribution in [-0.2, 0) is 11.8 Å². The first-order chi connectivity index (χ1) is 7.93. The average molecular weight is 239 g/mol. The van der Waals surface area contributed by atoms with E-state index in [4.69, 9.17) is 4.74 Å². The van der Waals surface area contributed by atoms with Crippen molar-refractivity contribution in [1.29, 1.82) is 0 Å². The zero-order valence-electron chi connectivity index (χ0n) is 10.7. The van der Waals surface area contributed by atoms with Crippen LogP contribution < -0.4 is 10.3 Å². The van der Waals surface area contributed by atoms with Gasteiger partial charge in [-0.15, -0.1) is 0 Å². The highest BCUT2D eigenvalue weighted by molar-refractivity contribution is 5.88. The second-order valence-electron chi connectivity index (χ2n) is 4.02. The number of hydrogen-bond acceptors (Lipinski definition) is 4. The van der Waals surface area contributed by atoms with E-state index in [9.17, 15) is 9.59 Å². The Labute approximate surface area is 100.0 Å². The van der Waals surface area contributed by atoms with Gasteiger partial charge in [0.25, 0.3) is 5.56 Å². The van der Waals surface area contributed by atoms with Crippen molar-refractivity contribution in [2.24, 2.45) is 7.05 Å². The summed E-state index contributed by atoms with van der Waals surface area (Å²) in [6, 6.07) is 1.53. The van der Waals surface area contributed by atoms with Crippen LogP contribution in [0.3, 0.4) is 0 Å². The average Bonchev–Trinajstić information content (AvgIpc) is 2.30. The molecule has 1 aromatic heterocycles. The number of nitrogens with zero attached hydrogens (tertiary/aromatic N) is 1. The van der Waals surface area contributed by atoms with Crippen molar-refractivity contribution in [3.63, 3.8) is 0 Å². The fourth-order valence-corrected chi connectivity index (χ4v) is 1.69. The second kappa shape index (κ2) is 5.03. The molecule has 0 spiro atoms. The van der Waals surface area contributed by atoms with Crippen LogP contribution in [0, 0.1) is 0 Å². The third-order valence-corrected chi connectivity index (χ3v) is 2.62. The lowest BCUT2D eigenvalue weighted by Gasteiger charge is -2.15. The molecular weight excluding hydrogens is 222 g/mol. The zero-order valence-corrected chi connectivity index (χ0v) is 10.7. The normalized spacial score (nSPS) is 10.5. The van der Waals surface area contributed by atoms with E-state index in [1.807, 2.05) is 13.8 Å². The lowest BCUT2D eigenvalue weighted by molar-refractivity contribution is 0.0587. The number of carbonyl (C=O) groups excluding carboxylic acids is 1. The van der Waals surface area contributed by atoms with Crippen molar-refractivity contribution in [3.8, 4) is 5.75 Å². The fourth-order valence-electron chi connectivity index (χ4n) is 1.69. The third kappa shape index (κ3) is 2.33. The summed E-state index contributed by atoms with van der Waals surface area (Å²) in [6.45, 7) is 3.80. The first-order valence-electron chi connectivity index (χ1n) is 5.30. The van der Waals surface area contributed by atoms with E-state index in [1.54, 1.807) is 7.05 Å². The molecule has 0 aliphatic carbocycles. The van der Waals surface area contributed by atoms with E-state index < -0.39 is 5.97 Å². The van der Waals surface area contributed by atoms with Crippen molar-refractivity contribution >= 4 is 5.97 Å². The van der Waals surface area contributed by atoms with Crippen LogP contribution in [0.1, 0.15) is 35.8 Å². The van der Waals surface area contributed by atoms with Gasteiger partial charge in [-0.3, -0.25) is 4.79 Å². The number of pyridine rings is 1. The zero-order chi connectivity index (χ0) is 13.2. The lowest BCUT2D eigenvalue weighted by atomic mass is 10.0. The van der Waals surface area contributed by atoms with E-state index in [0.717, 1.165) is 0 Å². The Morgan fingerprint density at radius 2 is 1.94 bits per heavy atom. The van der Waals surface area contributed by atoms with Gasteiger partial charge >= 0.3 is 5.97 Å². The van der Waals surface area contributed by atoms with E-state index in [1.165, 1.54) is 24.9 Å². The molecule has 0 fully saturated rings. The molecule has 0 bridgehead atoms. The second-order valence-corrected chi connectivity index (χ2v) is 4.02. The smallest absolute Gasteiger partial charge is 0.354 e. The highest BCUT2D eigenvalue weighted by atomic mass is 16.5. The number of aromatic nitrogens is 1. The molecule has 1 heterocycles. The SMILES string of the molecule is COC(=O)c1cc(OC)c(C(C)C)c(=O)n1C. The van der Waals surface area contributed by atoms with E-state index in [2.05, 4.69) is 4.74 Å². The standard InChI is InChI=1S/C12H17NO4/c1-7(2)10-9(16-4)6-8(12(15)17-5)13(3)11(10)14/h6-7H,1-5H3. The molecule has 0 N–H and O–H groups in total. The number of methoxy groups -OCH3 is 2. The van der Waals surface area contributed by atoms with Crippen LogP contribution in [0.5, 0.6) is 5.75 Å². The maximum Gasteiger partial charge on any atom is 0.354 e. The Bertz CT molecular complexity index is 488. The van der Waals surface area contributed by atoms with Crippen LogP contribution in [0.25, 0.3) is 0 Å². The van der Waals surface area contributed by atoms with Crippen LogP contribution >= 0.6 is 0 Å². The molecule has 0 aliphatic rings. The Hall–Kier alpha value is -1.78. The summed E-state index contributed by atoms with van der Waals surface area (Å²) < 4.78 is 11.1. The first-order valence-corrected chi connectivity index (χ1v) is 5.30. The van der Waals surface area contributed by atoms with Gasteiger partial charge in [-0.1, -0.05) is 13.8 Å². The minimum Gasteiger partial charge on any atom is -0.496 e. The van der Waals surface area contributed by atoms with Crippen molar-refractivity contribution in [2.45, 2.75) is 19.8 Å². The van der Waals surface area contributed by atoms with Crippen molar-refractivity contribution in [1.82, 2.24) is 4.57 Å². The third-order valence-electron chi connectivity index (χ3n) is 2.62. The number of rotatable bonds is 3. The highest BCUT2D eigenvalue weighted by Crippen LogP contribution is 2.23. The van der Waals surface area contributed by atoms with Gasteiger partial charge in [0.1, 0.15) is 11.4 Å². The summed E-state index contributed by atoms with van der Waals surface area (Å²) >= 11 is 0. The van der Waals surface area contributed by atoms with E-state index in [-0.39, 0.29) is 17.2 Å². The quantitative estimate of drug-likeness (QED) is 0.746. The van der Waals surface area contributed by atoms with Gasteiger partial charge in [-0.25, -0.2) is 4.79 Å². The summed E-state index contributed by atoms with van der Waals surface area (Å²) in [5.41, 5.74) is 0.501. The highest BCUT2D eigenvalue weighted by Gasteiger charge is 2.19. The monoisotopic (exact) mass is 239 g/mol. The minimum absolute atomic E-state index is 0.0235. The van der Waals surface area contributed by atoms with Gasteiger partial charge in [0.2, 0.25) is 0 Å². The summed E-state index contributed by atoms with van der Waals surface area (Å²) in [5, 5.41) is 0. The maximum absolute atomic E-state index is 12.1. The van der Waals surface area contributed by atoms with Gasteiger partial charge in [0.05, 0.1) is 19.8 Å². The van der Waals surface area contributed by atoms with E-state index in [0.29, 0.717) is 11.3 Å². The number of hydrogen-bond donors (Lipinski definition) is 0. The minimum atomic E-state index is -0.557. The lowest BCUT2D eigenvalue weighted by Crippen LogP contribution is -2.28. The summed E-state index contributed by atoms with van der Waals surface area (Å²) in [4.78, 5) is 23.6. The summed E-state index contributed by atoms with van der Waals surface area (Å²) in [5.74, 6) is -0.114. The molecular formula is C12H17NO4. The Morgan fingerprint density at radius 1 is 1.35 bits per heavy atom. The molecule has 5 heteroatoms. The van der Waals surface area contributed by atoms with Gasteiger partial charge < -0.3 is 14.0 Å². The summed E-state index contributed by atoms with van der Waals surface area (Å²) in [6.07, 6.45) is 0. The predicted octanol–water partition coefficient (Wildman–Crippen LogP) is 1.30. The molecule has 0 saturated heterocycles. The molecule has 0 unspecified atom stereocenters. The number of carbonyl (C=O) groups is 1. The predicted molar refractivity (Wildman–Crippen MR) is 63.7 cm³/mol. The summed E-state index contributed by atoms with van der Waals surface area (Å²) in [7, 11) is 4.29. The molecule has 1 rings (SSSR count). The van der Waals surface area contributed by atoms with Gasteiger partial charge in [0.15, 0.2) is 0 Å². The van der Waals surface area contributed by atoms with Crippen LogP contribution in [0.4, 0.5) is 0 Å². The Balaban J connectivity index is 3.57. The molecule has 17 heavy (non-hydrogen) atoms. The van der Waals surface area contributed by atoms with Crippen LogP contribution in [0.15, 0.2) is 10.9 Å². The van der Waals surface area contributed by atoms with E-state index >= 15 is 0 Å². The van der Waals surface area contributed by atoms with Crippen molar-refractivity contribution < 1.29 is 14.3 Å². The Kier molecular flexibility index (Phi) is 3.93. The number of ether oxygens (including phenoxy) is 2. The van der Waals surface area contributed by atoms with Gasteiger partial charge in [0, 0.05) is 13.1 Å². The van der Waals surface area contributed by atoms with Gasteiger partial charge in [-0.05, 0) is 5.92 Å². The molecule has 1 aromatic rings. The molecule has 0 amide bonds. The fraction of sp³-hybridized carbons (Fsp3) is 0.500. The largest absolute Gasteiger partial charge is 0.496 e. The first kappa shape index (κ1) is 13.3.